The molecule has 2 fully saturated rings. The second-order valence-corrected chi connectivity index (χ2v) is 9.29. The molecule has 1 aromatic carbocycles. The third kappa shape index (κ3) is 5.33. The fourth-order valence-electron chi connectivity index (χ4n) is 3.56. The summed E-state index contributed by atoms with van der Waals surface area (Å²) in [5, 5.41) is 2.65. The Kier molecular flexibility index (Phi) is 6.53. The highest BCUT2D eigenvalue weighted by atomic mass is 32.2. The first-order chi connectivity index (χ1) is 13.8. The minimum absolute atomic E-state index is 0.127. The van der Waals surface area contributed by atoms with Gasteiger partial charge in [0, 0.05) is 39.1 Å². The lowest BCUT2D eigenvalue weighted by atomic mass is 10.1. The average Bonchev–Trinajstić information content (AvgIpc) is 2.97. The minimum atomic E-state index is -3.25. The van der Waals surface area contributed by atoms with E-state index in [1.807, 2.05) is 30.3 Å². The molecule has 3 rings (SSSR count). The second-order valence-electron chi connectivity index (χ2n) is 7.31. The summed E-state index contributed by atoms with van der Waals surface area (Å²) in [5.41, 5.74) is 1.04. The lowest BCUT2D eigenvalue weighted by Gasteiger charge is -2.33. The number of hydrogen-bond acceptors (Lipinski definition) is 5. The summed E-state index contributed by atoms with van der Waals surface area (Å²) >= 11 is 0. The highest BCUT2D eigenvalue weighted by molar-refractivity contribution is 7.88. The number of carbonyl (C=O) groups excluding carboxylic acids is 3. The summed E-state index contributed by atoms with van der Waals surface area (Å²) < 4.78 is 24.4. The molecule has 0 saturated carbocycles. The van der Waals surface area contributed by atoms with Gasteiger partial charge in [-0.05, 0) is 18.4 Å². The Labute approximate surface area is 170 Å². The van der Waals surface area contributed by atoms with Gasteiger partial charge in [-0.3, -0.25) is 14.5 Å². The molecule has 0 unspecified atom stereocenters. The molecule has 0 spiro atoms. The van der Waals surface area contributed by atoms with Crippen LogP contribution in [0.5, 0.6) is 0 Å². The standard InChI is InChI=1S/C19H26N4O5S/c1-29(27,28)22-13-11-21(12-14-22)17(24)8-7-16-18(25)23(19(26)20-16)10-9-15-5-3-2-4-6-15/h2-6,16H,7-14H2,1H3,(H,20,26)/t16-/m1/s1. The molecular formula is C19H26N4O5S. The lowest BCUT2D eigenvalue weighted by Crippen LogP contribution is -2.50. The summed E-state index contributed by atoms with van der Waals surface area (Å²) in [6, 6.07) is 8.49. The fraction of sp³-hybridized carbons (Fsp3) is 0.526. The van der Waals surface area contributed by atoms with Gasteiger partial charge >= 0.3 is 6.03 Å². The molecule has 2 aliphatic rings. The Morgan fingerprint density at radius 2 is 1.76 bits per heavy atom. The van der Waals surface area contributed by atoms with Crippen molar-refractivity contribution >= 4 is 27.9 Å². The lowest BCUT2D eigenvalue weighted by molar-refractivity contribution is -0.133. The van der Waals surface area contributed by atoms with Crippen LogP contribution in [0.25, 0.3) is 0 Å². The van der Waals surface area contributed by atoms with E-state index in [0.717, 1.165) is 11.8 Å². The third-order valence-corrected chi connectivity index (χ3v) is 6.58. The Morgan fingerprint density at radius 3 is 2.38 bits per heavy atom. The van der Waals surface area contributed by atoms with E-state index in [1.165, 1.54) is 9.21 Å². The number of benzene rings is 1. The zero-order valence-corrected chi connectivity index (χ0v) is 17.2. The maximum absolute atomic E-state index is 12.5. The van der Waals surface area contributed by atoms with Crippen LogP contribution in [0.3, 0.4) is 0 Å². The normalized spacial score (nSPS) is 20.8. The molecule has 10 heteroatoms. The molecule has 2 heterocycles. The molecular weight excluding hydrogens is 396 g/mol. The number of carbonyl (C=O) groups is 3. The molecule has 1 atom stereocenters. The number of nitrogens with one attached hydrogen (secondary N) is 1. The van der Waals surface area contributed by atoms with E-state index in [4.69, 9.17) is 0 Å². The van der Waals surface area contributed by atoms with Crippen LogP contribution in [0.1, 0.15) is 18.4 Å². The van der Waals surface area contributed by atoms with Crippen LogP contribution < -0.4 is 5.32 Å². The number of amides is 4. The number of hydrogen-bond donors (Lipinski definition) is 1. The molecule has 29 heavy (non-hydrogen) atoms. The van der Waals surface area contributed by atoms with Crippen LogP contribution in [0.2, 0.25) is 0 Å². The molecule has 9 nitrogen and oxygen atoms in total. The predicted molar refractivity (Wildman–Crippen MR) is 106 cm³/mol. The largest absolute Gasteiger partial charge is 0.340 e. The Morgan fingerprint density at radius 1 is 1.10 bits per heavy atom. The van der Waals surface area contributed by atoms with E-state index in [-0.39, 0.29) is 37.7 Å². The first-order valence-electron chi connectivity index (χ1n) is 9.64. The highest BCUT2D eigenvalue weighted by Crippen LogP contribution is 2.15. The third-order valence-electron chi connectivity index (χ3n) is 5.28. The summed E-state index contributed by atoms with van der Waals surface area (Å²) in [5.74, 6) is -0.441. The number of sulfonamides is 1. The zero-order chi connectivity index (χ0) is 21.0. The van der Waals surface area contributed by atoms with Crippen molar-refractivity contribution in [2.75, 3.05) is 39.0 Å². The number of nitrogens with zero attached hydrogens (tertiary/aromatic N) is 3. The first kappa shape index (κ1) is 21.3. The topological polar surface area (TPSA) is 107 Å². The van der Waals surface area contributed by atoms with Gasteiger partial charge in [0.05, 0.1) is 6.26 Å². The van der Waals surface area contributed by atoms with Crippen LogP contribution in [0, 0.1) is 0 Å². The van der Waals surface area contributed by atoms with Crippen molar-refractivity contribution in [3.05, 3.63) is 35.9 Å². The van der Waals surface area contributed by atoms with Crippen molar-refractivity contribution in [1.82, 2.24) is 19.4 Å². The molecule has 0 radical (unpaired) electrons. The smallest absolute Gasteiger partial charge is 0.324 e. The summed E-state index contributed by atoms with van der Waals surface area (Å²) in [4.78, 5) is 39.9. The quantitative estimate of drug-likeness (QED) is 0.624. The van der Waals surface area contributed by atoms with Crippen molar-refractivity contribution in [2.24, 2.45) is 0 Å². The van der Waals surface area contributed by atoms with E-state index in [1.54, 1.807) is 4.90 Å². The molecule has 1 N–H and O–H groups in total. The summed E-state index contributed by atoms with van der Waals surface area (Å²) in [6.45, 7) is 1.51. The molecule has 158 valence electrons. The van der Waals surface area contributed by atoms with Crippen molar-refractivity contribution < 1.29 is 22.8 Å². The molecule has 4 amide bonds. The minimum Gasteiger partial charge on any atom is -0.340 e. The van der Waals surface area contributed by atoms with E-state index >= 15 is 0 Å². The number of rotatable bonds is 7. The van der Waals surface area contributed by atoms with Gasteiger partial charge in [0.15, 0.2) is 0 Å². The van der Waals surface area contributed by atoms with Crippen LogP contribution >= 0.6 is 0 Å². The van der Waals surface area contributed by atoms with Gasteiger partial charge < -0.3 is 10.2 Å². The summed E-state index contributed by atoms with van der Waals surface area (Å²) in [6.07, 6.45) is 2.10. The second kappa shape index (κ2) is 8.91. The van der Waals surface area contributed by atoms with E-state index in [2.05, 4.69) is 5.32 Å². The SMILES string of the molecule is CS(=O)(=O)N1CCN(C(=O)CC[C@H]2NC(=O)N(CCc3ccccc3)C2=O)CC1. The van der Waals surface area contributed by atoms with Crippen molar-refractivity contribution in [3.63, 3.8) is 0 Å². The Balaban J connectivity index is 1.45. The Bertz CT molecular complexity index is 866. The van der Waals surface area contributed by atoms with Crippen molar-refractivity contribution in [1.29, 1.82) is 0 Å². The van der Waals surface area contributed by atoms with Gasteiger partial charge in [0.1, 0.15) is 6.04 Å². The van der Waals surface area contributed by atoms with Crippen molar-refractivity contribution in [3.8, 4) is 0 Å². The number of piperazine rings is 1. The fourth-order valence-corrected chi connectivity index (χ4v) is 4.39. The van der Waals surface area contributed by atoms with Gasteiger partial charge in [-0.2, -0.15) is 4.31 Å². The van der Waals surface area contributed by atoms with Crippen LogP contribution in [-0.2, 0) is 26.0 Å². The zero-order valence-electron chi connectivity index (χ0n) is 16.4. The van der Waals surface area contributed by atoms with Crippen LogP contribution in [0.15, 0.2) is 30.3 Å². The van der Waals surface area contributed by atoms with E-state index < -0.39 is 22.1 Å². The maximum atomic E-state index is 12.5. The summed E-state index contributed by atoms with van der Waals surface area (Å²) in [7, 11) is -3.25. The highest BCUT2D eigenvalue weighted by Gasteiger charge is 2.38. The predicted octanol–water partition coefficient (Wildman–Crippen LogP) is 0.0335. The molecule has 1 aromatic rings. The monoisotopic (exact) mass is 422 g/mol. The van der Waals surface area contributed by atoms with Crippen LogP contribution in [-0.4, -0.2) is 85.4 Å². The van der Waals surface area contributed by atoms with Gasteiger partial charge in [-0.1, -0.05) is 30.3 Å². The number of urea groups is 1. The van der Waals surface area contributed by atoms with Crippen molar-refractivity contribution in [2.45, 2.75) is 25.3 Å². The first-order valence-corrected chi connectivity index (χ1v) is 11.5. The Hall–Kier alpha value is -2.46. The molecule has 2 saturated heterocycles. The maximum Gasteiger partial charge on any atom is 0.324 e. The van der Waals surface area contributed by atoms with Crippen LogP contribution in [0.4, 0.5) is 4.79 Å². The molecule has 2 aliphatic heterocycles. The van der Waals surface area contributed by atoms with E-state index in [9.17, 15) is 22.8 Å². The average molecular weight is 423 g/mol. The van der Waals surface area contributed by atoms with E-state index in [0.29, 0.717) is 26.1 Å². The molecule has 0 aromatic heterocycles. The molecule has 0 bridgehead atoms. The number of imide groups is 1. The van der Waals surface area contributed by atoms with Gasteiger partial charge in [0.25, 0.3) is 5.91 Å². The van der Waals surface area contributed by atoms with Gasteiger partial charge in [-0.15, -0.1) is 0 Å². The van der Waals surface area contributed by atoms with Gasteiger partial charge in [-0.25, -0.2) is 13.2 Å². The van der Waals surface area contributed by atoms with Gasteiger partial charge in [0.2, 0.25) is 15.9 Å². The molecule has 0 aliphatic carbocycles.